The van der Waals surface area contributed by atoms with Crippen LogP contribution in [0.25, 0.3) is 10.9 Å². The summed E-state index contributed by atoms with van der Waals surface area (Å²) in [6.07, 6.45) is 1.25. The third-order valence-electron chi connectivity index (χ3n) is 11.7. The second kappa shape index (κ2) is 18.9. The lowest BCUT2D eigenvalue weighted by molar-refractivity contribution is 0.0520. The van der Waals surface area contributed by atoms with E-state index in [0.717, 1.165) is 43.1 Å². The Morgan fingerprint density at radius 2 is 1.52 bits per heavy atom. The van der Waals surface area contributed by atoms with Gasteiger partial charge in [-0.1, -0.05) is 30.3 Å². The van der Waals surface area contributed by atoms with Crippen LogP contribution in [0.2, 0.25) is 0 Å². The number of unbranched alkanes of at least 4 members (excludes halogenated alkanes) is 1. The normalized spacial score (nSPS) is 14.0. The highest BCUT2D eigenvalue weighted by molar-refractivity contribution is 6.22. The minimum atomic E-state index is -0.897. The van der Waals surface area contributed by atoms with Crippen LogP contribution >= 0.6 is 0 Å². The molecule has 0 unspecified atom stereocenters. The number of amides is 3. The summed E-state index contributed by atoms with van der Waals surface area (Å²) in [5.74, 6) is 0.595. The Bertz CT molecular complexity index is 2720. The summed E-state index contributed by atoms with van der Waals surface area (Å²) in [4.78, 5) is 88.1. The first-order valence-corrected chi connectivity index (χ1v) is 21.5. The summed E-state index contributed by atoms with van der Waals surface area (Å²) in [5.41, 5.74) is 9.19. The minimum Gasteiger partial charge on any atom is -0.494 e. The molecule has 0 radical (unpaired) electrons. The van der Waals surface area contributed by atoms with Crippen molar-refractivity contribution in [1.29, 1.82) is 0 Å². The number of benzene rings is 4. The number of hydrogen-bond acceptors (Lipinski definition) is 12. The van der Waals surface area contributed by atoms with E-state index in [2.05, 4.69) is 22.8 Å². The first-order valence-electron chi connectivity index (χ1n) is 21.5. The van der Waals surface area contributed by atoms with Gasteiger partial charge in [0.05, 0.1) is 70.8 Å². The molecule has 0 spiro atoms. The predicted octanol–water partition coefficient (Wildman–Crippen LogP) is 7.14. The van der Waals surface area contributed by atoms with Crippen LogP contribution in [-0.4, -0.2) is 114 Å². The number of ether oxygens (including phenoxy) is 3. The fraction of sp³-hybridized carbons (Fsp3) is 0.340. The van der Waals surface area contributed by atoms with E-state index in [9.17, 15) is 28.8 Å². The molecule has 1 saturated heterocycles. The number of nitrogens with two attached hydrogens (primary N) is 1. The second-order valence-electron chi connectivity index (χ2n) is 17.3. The largest absolute Gasteiger partial charge is 0.494 e. The summed E-state index contributed by atoms with van der Waals surface area (Å²) in [5, 5.41) is 0.345. The number of nitrogens with zero attached hydrogens (tertiary/aromatic N) is 5. The molecule has 15 heteroatoms. The number of carbonyl (C=O) groups excluding carboxylic acids is 6. The number of anilines is 2. The average molecular weight is 883 g/mol. The monoisotopic (exact) mass is 882 g/mol. The van der Waals surface area contributed by atoms with Gasteiger partial charge >= 0.3 is 6.09 Å². The molecule has 0 aliphatic carbocycles. The predicted molar refractivity (Wildman–Crippen MR) is 247 cm³/mol. The van der Waals surface area contributed by atoms with Crippen LogP contribution in [0.3, 0.4) is 0 Å². The molecular formula is C50H54N6O9. The first-order chi connectivity index (χ1) is 31.0. The van der Waals surface area contributed by atoms with Crippen LogP contribution in [-0.2, 0) is 16.1 Å². The number of hydrogen-bond donors (Lipinski definition) is 1. The third-order valence-corrected chi connectivity index (χ3v) is 11.7. The van der Waals surface area contributed by atoms with Crippen molar-refractivity contribution < 1.29 is 43.0 Å². The molecule has 3 amide bonds. The Morgan fingerprint density at radius 1 is 0.846 bits per heavy atom. The van der Waals surface area contributed by atoms with Crippen LogP contribution in [0.15, 0.2) is 84.6 Å². The number of aromatic nitrogens is 1. The van der Waals surface area contributed by atoms with Gasteiger partial charge in [0.15, 0.2) is 11.5 Å². The van der Waals surface area contributed by atoms with E-state index in [4.69, 9.17) is 19.9 Å². The van der Waals surface area contributed by atoms with Crippen molar-refractivity contribution in [3.63, 3.8) is 0 Å². The Balaban J connectivity index is 1.13. The molecule has 15 nitrogen and oxygen atoms in total. The van der Waals surface area contributed by atoms with Crippen molar-refractivity contribution in [1.82, 2.24) is 19.3 Å². The third kappa shape index (κ3) is 9.38. The van der Waals surface area contributed by atoms with Gasteiger partial charge in [0.1, 0.15) is 17.3 Å². The molecule has 338 valence electrons. The number of fused-ring (bicyclic) bond motifs is 2. The maximum Gasteiger partial charge on any atom is 0.419 e. The van der Waals surface area contributed by atoms with Crippen LogP contribution in [0.4, 0.5) is 16.2 Å². The highest BCUT2D eigenvalue weighted by Crippen LogP contribution is 2.37. The van der Waals surface area contributed by atoms with E-state index in [1.165, 1.54) is 28.7 Å². The number of methoxy groups -OCH3 is 1. The number of likely N-dealkylation sites (N-methyl/N-ethyl adjacent to an activating group) is 1. The number of ketones is 1. The van der Waals surface area contributed by atoms with E-state index in [-0.39, 0.29) is 51.5 Å². The van der Waals surface area contributed by atoms with E-state index < -0.39 is 35.2 Å². The van der Waals surface area contributed by atoms with Gasteiger partial charge < -0.3 is 34.6 Å². The second-order valence-corrected chi connectivity index (χ2v) is 17.3. The van der Waals surface area contributed by atoms with E-state index >= 15 is 0 Å². The summed E-state index contributed by atoms with van der Waals surface area (Å²) >= 11 is 0. The van der Waals surface area contributed by atoms with Gasteiger partial charge in [0, 0.05) is 44.2 Å². The SMILES string of the molecule is COc1c(C(=O)c2cccc3c2cc(CN2C(=O)c4ccccc4C2=O)n3C(=O)OC(C)(C)C)ccc(C(=O)N(C)c2ccc(C)cc2OCCCCC(=C=O)N2CCN(C)CC2)c1N. The van der Waals surface area contributed by atoms with Gasteiger partial charge in [-0.3, -0.25) is 24.1 Å². The van der Waals surface area contributed by atoms with Crippen LogP contribution < -0.4 is 20.1 Å². The Kier molecular flexibility index (Phi) is 13.3. The standard InChI is InChI=1S/C50H54N6O9/c1-31-18-21-41(42(27-31)64-26-11-10-13-32(30-57)54-24-22-52(5)23-25-54)53(6)46(59)37-19-20-38(45(63-7)43(37)51)44(58)34-16-12-17-40-39(34)28-33(56(40)49(62)65-50(2,3)4)29-55-47(60)35-14-8-9-15-36(35)48(55)61/h8-9,12,14-21,27-28H,10-11,13,22-26,29,51H2,1-7H3. The zero-order valence-corrected chi connectivity index (χ0v) is 37.9. The molecule has 2 aliphatic heterocycles. The Hall–Kier alpha value is -7.22. The van der Waals surface area contributed by atoms with Crippen molar-refractivity contribution in [2.45, 2.75) is 59.1 Å². The molecular weight excluding hydrogens is 829 g/mol. The van der Waals surface area contributed by atoms with Crippen molar-refractivity contribution >= 4 is 57.8 Å². The van der Waals surface area contributed by atoms with Crippen LogP contribution in [0, 0.1) is 6.92 Å². The van der Waals surface area contributed by atoms with Gasteiger partial charge in [0.25, 0.3) is 17.7 Å². The average Bonchev–Trinajstić information content (AvgIpc) is 3.77. The highest BCUT2D eigenvalue weighted by Gasteiger charge is 2.37. The Labute approximate surface area is 377 Å². The minimum absolute atomic E-state index is 0.0234. The maximum absolute atomic E-state index is 14.6. The van der Waals surface area contributed by atoms with Gasteiger partial charge in [-0.2, -0.15) is 0 Å². The molecule has 4 aromatic carbocycles. The Morgan fingerprint density at radius 3 is 2.17 bits per heavy atom. The fourth-order valence-corrected chi connectivity index (χ4v) is 8.23. The van der Waals surface area contributed by atoms with Crippen molar-refractivity contribution in [3.05, 3.63) is 124 Å². The molecule has 0 bridgehead atoms. The summed E-state index contributed by atoms with van der Waals surface area (Å²) < 4.78 is 19.0. The smallest absolute Gasteiger partial charge is 0.419 e. The first kappa shape index (κ1) is 45.8. The lowest BCUT2D eigenvalue weighted by Gasteiger charge is -2.34. The van der Waals surface area contributed by atoms with Crippen molar-refractivity contribution in [2.75, 3.05) is 64.6 Å². The molecule has 2 aliphatic rings. The molecule has 3 heterocycles. The molecule has 0 atom stereocenters. The molecule has 5 aromatic rings. The lowest BCUT2D eigenvalue weighted by atomic mass is 9.96. The lowest BCUT2D eigenvalue weighted by Crippen LogP contribution is -2.44. The number of rotatable bonds is 14. The van der Waals surface area contributed by atoms with E-state index in [1.54, 1.807) is 82.4 Å². The molecule has 1 fully saturated rings. The number of allylic oxidation sites excluding steroid dienone is 1. The number of imide groups is 1. The van der Waals surface area contributed by atoms with Crippen molar-refractivity contribution in [3.8, 4) is 11.5 Å². The topological polar surface area (TPSA) is 174 Å². The quantitative estimate of drug-likeness (QED) is 0.0393. The van der Waals surface area contributed by atoms with Gasteiger partial charge in [-0.15, -0.1) is 0 Å². The number of nitrogen functional groups attached to an aromatic ring is 1. The van der Waals surface area contributed by atoms with E-state index in [1.807, 2.05) is 19.1 Å². The number of carbonyl (C=O) groups is 5. The maximum atomic E-state index is 14.6. The molecule has 7 rings (SSSR count). The van der Waals surface area contributed by atoms with Gasteiger partial charge in [-0.05, 0) is 108 Å². The highest BCUT2D eigenvalue weighted by atomic mass is 16.6. The molecule has 65 heavy (non-hydrogen) atoms. The zero-order chi connectivity index (χ0) is 46.7. The van der Waals surface area contributed by atoms with E-state index in [0.29, 0.717) is 47.5 Å². The number of piperazine rings is 1. The fourth-order valence-electron chi connectivity index (χ4n) is 8.23. The van der Waals surface area contributed by atoms with Gasteiger partial charge in [0.2, 0.25) is 0 Å². The molecule has 2 N–H and O–H groups in total. The summed E-state index contributed by atoms with van der Waals surface area (Å²) in [6.45, 7) is 10.6. The van der Waals surface area contributed by atoms with Crippen LogP contribution in [0.5, 0.6) is 11.5 Å². The van der Waals surface area contributed by atoms with Crippen LogP contribution in [0.1, 0.15) is 98.3 Å². The zero-order valence-electron chi connectivity index (χ0n) is 37.9. The van der Waals surface area contributed by atoms with Gasteiger partial charge in [-0.25, -0.2) is 14.2 Å². The molecule has 0 saturated carbocycles. The van der Waals surface area contributed by atoms with Crippen molar-refractivity contribution in [2.24, 2.45) is 0 Å². The molecule has 1 aromatic heterocycles. The summed E-state index contributed by atoms with van der Waals surface area (Å²) in [7, 11) is 5.03. The summed E-state index contributed by atoms with van der Waals surface area (Å²) in [6, 6.07) is 21.4. The number of aryl methyl sites for hydroxylation is 1.